The van der Waals surface area contributed by atoms with Crippen LogP contribution < -0.4 is 9.47 Å². The predicted molar refractivity (Wildman–Crippen MR) is 86.5 cm³/mol. The highest BCUT2D eigenvalue weighted by molar-refractivity contribution is 5.87. The number of aromatic nitrogens is 2. The van der Waals surface area contributed by atoms with E-state index in [2.05, 4.69) is 9.97 Å². The van der Waals surface area contributed by atoms with Gasteiger partial charge in [-0.3, -0.25) is 0 Å². The normalized spacial score (nSPS) is 16.0. The molecule has 0 saturated carbocycles. The number of imidazole rings is 1. The summed E-state index contributed by atoms with van der Waals surface area (Å²) in [6, 6.07) is 9.84. The first-order chi connectivity index (χ1) is 11.1. The molecular formula is C18H18N2O3. The fourth-order valence-electron chi connectivity index (χ4n) is 3.12. The van der Waals surface area contributed by atoms with Gasteiger partial charge in [0.25, 0.3) is 0 Å². The van der Waals surface area contributed by atoms with Gasteiger partial charge in [-0.1, -0.05) is 26.0 Å². The third kappa shape index (κ3) is 2.08. The summed E-state index contributed by atoms with van der Waals surface area (Å²) in [5.74, 6) is 1.47. The van der Waals surface area contributed by atoms with Gasteiger partial charge < -0.3 is 19.6 Å². The average molecular weight is 310 g/mol. The van der Waals surface area contributed by atoms with E-state index in [0.29, 0.717) is 5.69 Å². The average Bonchev–Trinajstić information content (AvgIpc) is 3.22. The number of aromatic amines is 1. The summed E-state index contributed by atoms with van der Waals surface area (Å²) in [4.78, 5) is 7.20. The Bertz CT molecular complexity index is 858. The Morgan fingerprint density at radius 2 is 1.87 bits per heavy atom. The molecule has 0 fully saturated rings. The van der Waals surface area contributed by atoms with E-state index in [0.717, 1.165) is 27.8 Å². The maximum absolute atomic E-state index is 11.3. The Hall–Kier alpha value is -2.53. The van der Waals surface area contributed by atoms with Crippen molar-refractivity contribution in [3.8, 4) is 11.5 Å². The summed E-state index contributed by atoms with van der Waals surface area (Å²) in [5.41, 5.74) is 0.281. The predicted octanol–water partition coefficient (Wildman–Crippen LogP) is 3.18. The smallest absolute Gasteiger partial charge is 0.231 e. The second-order valence-electron chi connectivity index (χ2n) is 6.14. The number of H-pyrrole nitrogens is 1. The highest BCUT2D eigenvalue weighted by Crippen LogP contribution is 2.40. The van der Waals surface area contributed by atoms with Crippen molar-refractivity contribution in [2.24, 2.45) is 5.92 Å². The van der Waals surface area contributed by atoms with Crippen LogP contribution in [0.5, 0.6) is 11.5 Å². The Morgan fingerprint density at radius 1 is 1.13 bits per heavy atom. The number of nitrogens with one attached hydrogen (secondary N) is 1. The van der Waals surface area contributed by atoms with Crippen LogP contribution in [0.3, 0.4) is 0 Å². The van der Waals surface area contributed by atoms with Crippen molar-refractivity contribution >= 4 is 10.8 Å². The van der Waals surface area contributed by atoms with Gasteiger partial charge in [0.2, 0.25) is 6.79 Å². The summed E-state index contributed by atoms with van der Waals surface area (Å²) >= 11 is 0. The molecule has 1 atom stereocenters. The third-order valence-electron chi connectivity index (χ3n) is 4.50. The minimum Gasteiger partial charge on any atom is -0.454 e. The van der Waals surface area contributed by atoms with Gasteiger partial charge in [0.15, 0.2) is 11.5 Å². The summed E-state index contributed by atoms with van der Waals surface area (Å²) in [6.45, 7) is 4.22. The van der Waals surface area contributed by atoms with Crippen molar-refractivity contribution in [1.29, 1.82) is 0 Å². The van der Waals surface area contributed by atoms with Crippen molar-refractivity contribution in [2.75, 3.05) is 6.79 Å². The lowest BCUT2D eigenvalue weighted by Crippen LogP contribution is -2.33. The van der Waals surface area contributed by atoms with Gasteiger partial charge in [-0.25, -0.2) is 4.98 Å². The number of aliphatic hydroxyl groups is 1. The van der Waals surface area contributed by atoms with Gasteiger partial charge in [0, 0.05) is 6.20 Å². The van der Waals surface area contributed by atoms with Gasteiger partial charge in [-0.15, -0.1) is 0 Å². The molecule has 23 heavy (non-hydrogen) atoms. The molecule has 0 aliphatic carbocycles. The van der Waals surface area contributed by atoms with Gasteiger partial charge in [-0.2, -0.15) is 0 Å². The molecule has 118 valence electrons. The lowest BCUT2D eigenvalue weighted by Gasteiger charge is -2.31. The van der Waals surface area contributed by atoms with Crippen LogP contribution in [0.2, 0.25) is 0 Å². The molecule has 3 aromatic rings. The van der Waals surface area contributed by atoms with Gasteiger partial charge in [0.1, 0.15) is 5.60 Å². The van der Waals surface area contributed by atoms with Crippen LogP contribution in [0.1, 0.15) is 25.1 Å². The minimum atomic E-state index is -1.15. The number of benzene rings is 2. The highest BCUT2D eigenvalue weighted by atomic mass is 16.7. The van der Waals surface area contributed by atoms with E-state index in [9.17, 15) is 5.11 Å². The monoisotopic (exact) mass is 310 g/mol. The maximum Gasteiger partial charge on any atom is 0.231 e. The summed E-state index contributed by atoms with van der Waals surface area (Å²) < 4.78 is 10.9. The highest BCUT2D eigenvalue weighted by Gasteiger charge is 2.37. The Labute approximate surface area is 133 Å². The number of rotatable bonds is 3. The summed E-state index contributed by atoms with van der Waals surface area (Å²) in [7, 11) is 0. The van der Waals surface area contributed by atoms with E-state index in [1.165, 1.54) is 0 Å². The molecule has 2 N–H and O–H groups in total. The Kier molecular flexibility index (Phi) is 3.06. The summed E-state index contributed by atoms with van der Waals surface area (Å²) in [5, 5.41) is 13.4. The first-order valence-corrected chi connectivity index (χ1v) is 7.64. The number of fused-ring (bicyclic) bond motifs is 2. The lowest BCUT2D eigenvalue weighted by molar-refractivity contribution is 0.0281. The van der Waals surface area contributed by atoms with Crippen LogP contribution in [0, 0.1) is 5.92 Å². The molecular weight excluding hydrogens is 292 g/mol. The zero-order valence-corrected chi connectivity index (χ0v) is 13.0. The third-order valence-corrected chi connectivity index (χ3v) is 4.50. The van der Waals surface area contributed by atoms with Crippen LogP contribution in [0.25, 0.3) is 10.8 Å². The van der Waals surface area contributed by atoms with E-state index in [4.69, 9.17) is 9.47 Å². The fraction of sp³-hybridized carbons (Fsp3) is 0.278. The number of nitrogens with zero attached hydrogens (tertiary/aromatic N) is 1. The van der Waals surface area contributed by atoms with Crippen molar-refractivity contribution in [3.05, 3.63) is 54.1 Å². The topological polar surface area (TPSA) is 67.4 Å². The Balaban J connectivity index is 1.89. The van der Waals surface area contributed by atoms with Crippen LogP contribution in [0.4, 0.5) is 0 Å². The first kappa shape index (κ1) is 14.1. The SMILES string of the molecule is CC(C)C(O)(c1ccc2cc3c(cc2c1)OCO3)c1c[nH]cn1. The standard InChI is InChI=1S/C18H18N2O3/c1-11(2)18(21,17-8-19-9-20-17)14-4-3-12-6-15-16(23-10-22-15)7-13(12)5-14/h3-9,11,21H,10H2,1-2H3,(H,19,20). The second kappa shape index (κ2) is 4.99. The van der Waals surface area contributed by atoms with Gasteiger partial charge >= 0.3 is 0 Å². The van der Waals surface area contributed by atoms with Crippen molar-refractivity contribution in [3.63, 3.8) is 0 Å². The quantitative estimate of drug-likeness (QED) is 0.779. The van der Waals surface area contributed by atoms with Crippen molar-refractivity contribution in [1.82, 2.24) is 9.97 Å². The fourth-order valence-corrected chi connectivity index (χ4v) is 3.12. The van der Waals surface area contributed by atoms with E-state index in [1.807, 2.05) is 44.2 Å². The van der Waals surface area contributed by atoms with Crippen LogP contribution >= 0.6 is 0 Å². The molecule has 5 nitrogen and oxygen atoms in total. The maximum atomic E-state index is 11.3. The molecule has 0 bridgehead atoms. The molecule has 1 aliphatic heterocycles. The molecule has 2 aromatic carbocycles. The van der Waals surface area contributed by atoms with Crippen LogP contribution in [-0.4, -0.2) is 21.9 Å². The molecule has 0 spiro atoms. The molecule has 1 aliphatic rings. The number of ether oxygens (including phenoxy) is 2. The molecule has 1 unspecified atom stereocenters. The van der Waals surface area contributed by atoms with Crippen molar-refractivity contribution in [2.45, 2.75) is 19.4 Å². The lowest BCUT2D eigenvalue weighted by atomic mass is 9.80. The number of hydrogen-bond donors (Lipinski definition) is 2. The largest absolute Gasteiger partial charge is 0.454 e. The van der Waals surface area contributed by atoms with E-state index < -0.39 is 5.60 Å². The molecule has 2 heterocycles. The van der Waals surface area contributed by atoms with Crippen molar-refractivity contribution < 1.29 is 14.6 Å². The minimum absolute atomic E-state index is 0.0303. The second-order valence-corrected chi connectivity index (χ2v) is 6.14. The zero-order chi connectivity index (χ0) is 16.0. The van der Waals surface area contributed by atoms with E-state index >= 15 is 0 Å². The summed E-state index contributed by atoms with van der Waals surface area (Å²) in [6.07, 6.45) is 3.33. The van der Waals surface area contributed by atoms with Gasteiger partial charge in [0.05, 0.1) is 12.0 Å². The molecule has 1 aromatic heterocycles. The molecule has 0 saturated heterocycles. The van der Waals surface area contributed by atoms with Crippen LogP contribution in [0.15, 0.2) is 42.9 Å². The Morgan fingerprint density at radius 3 is 2.52 bits per heavy atom. The number of hydrogen-bond acceptors (Lipinski definition) is 4. The van der Waals surface area contributed by atoms with Crippen LogP contribution in [-0.2, 0) is 5.60 Å². The molecule has 4 rings (SSSR count). The first-order valence-electron chi connectivity index (χ1n) is 7.64. The van der Waals surface area contributed by atoms with E-state index in [-0.39, 0.29) is 12.7 Å². The molecule has 5 heteroatoms. The zero-order valence-electron chi connectivity index (χ0n) is 13.0. The van der Waals surface area contributed by atoms with Gasteiger partial charge in [-0.05, 0) is 40.5 Å². The molecule has 0 radical (unpaired) electrons. The van der Waals surface area contributed by atoms with E-state index in [1.54, 1.807) is 12.5 Å². The molecule has 0 amide bonds.